The van der Waals surface area contributed by atoms with Crippen LogP contribution in [0.4, 0.5) is 22.7 Å². The van der Waals surface area contributed by atoms with Crippen molar-refractivity contribution in [3.05, 3.63) is 75.8 Å². The van der Waals surface area contributed by atoms with E-state index in [2.05, 4.69) is 16.0 Å². The van der Waals surface area contributed by atoms with Crippen molar-refractivity contribution in [1.29, 1.82) is 0 Å². The average Bonchev–Trinajstić information content (AvgIpc) is 2.98. The van der Waals surface area contributed by atoms with Gasteiger partial charge in [-0.3, -0.25) is 19.7 Å². The minimum absolute atomic E-state index is 0.0869. The van der Waals surface area contributed by atoms with Crippen LogP contribution in [0.15, 0.2) is 54.6 Å². The van der Waals surface area contributed by atoms with Crippen LogP contribution < -0.4 is 20.7 Å². The van der Waals surface area contributed by atoms with Gasteiger partial charge in [-0.2, -0.15) is 0 Å². The molecule has 10 nitrogen and oxygen atoms in total. The van der Waals surface area contributed by atoms with Crippen molar-refractivity contribution >= 4 is 34.6 Å². The lowest BCUT2D eigenvalue weighted by Crippen LogP contribution is -2.32. The second kappa shape index (κ2) is 10.4. The number of carbonyl (C=O) groups is 2. The number of likely N-dealkylation sites (N-methyl/N-ethyl adjacent to an activating group) is 1. The number of ether oxygens (including phenoxy) is 1. The van der Waals surface area contributed by atoms with Crippen molar-refractivity contribution < 1.29 is 19.2 Å². The Hall–Kier alpha value is -4.44. The number of carbonyl (C=O) groups excluding carboxylic acids is 2. The van der Waals surface area contributed by atoms with Gasteiger partial charge < -0.3 is 25.6 Å². The van der Waals surface area contributed by atoms with Crippen LogP contribution in [-0.4, -0.2) is 55.9 Å². The summed E-state index contributed by atoms with van der Waals surface area (Å²) < 4.78 is 5.18. The molecule has 0 radical (unpaired) electrons. The highest BCUT2D eigenvalue weighted by Crippen LogP contribution is 2.37. The molecule has 1 aliphatic heterocycles. The highest BCUT2D eigenvalue weighted by atomic mass is 16.6. The maximum absolute atomic E-state index is 12.9. The van der Waals surface area contributed by atoms with Crippen molar-refractivity contribution in [2.75, 3.05) is 44.9 Å². The van der Waals surface area contributed by atoms with Crippen LogP contribution >= 0.6 is 0 Å². The summed E-state index contributed by atoms with van der Waals surface area (Å²) in [7, 11) is 5.27. The minimum atomic E-state index is -0.496. The molecular formula is C26H27N5O5. The molecule has 36 heavy (non-hydrogen) atoms. The lowest BCUT2D eigenvalue weighted by Gasteiger charge is -2.13. The third-order valence-electron chi connectivity index (χ3n) is 5.82. The number of rotatable bonds is 8. The van der Waals surface area contributed by atoms with Gasteiger partial charge in [-0.1, -0.05) is 12.1 Å². The number of nitrogens with one attached hydrogen (secondary N) is 3. The first-order valence-electron chi connectivity index (χ1n) is 11.3. The van der Waals surface area contributed by atoms with E-state index in [1.54, 1.807) is 30.3 Å². The fourth-order valence-electron chi connectivity index (χ4n) is 3.95. The molecule has 2 amide bonds. The van der Waals surface area contributed by atoms with Crippen molar-refractivity contribution in [1.82, 2.24) is 10.2 Å². The van der Waals surface area contributed by atoms with E-state index in [0.29, 0.717) is 34.7 Å². The average molecular weight is 490 g/mol. The van der Waals surface area contributed by atoms with E-state index < -0.39 is 4.92 Å². The highest BCUT2D eigenvalue weighted by Gasteiger charge is 2.21. The van der Waals surface area contributed by atoms with Gasteiger partial charge in [0, 0.05) is 19.2 Å². The molecule has 1 heterocycles. The van der Waals surface area contributed by atoms with Gasteiger partial charge in [-0.05, 0) is 67.2 Å². The van der Waals surface area contributed by atoms with Gasteiger partial charge >= 0.3 is 5.69 Å². The van der Waals surface area contributed by atoms with Gasteiger partial charge in [0.2, 0.25) is 5.91 Å². The Morgan fingerprint density at radius 3 is 2.47 bits per heavy atom. The van der Waals surface area contributed by atoms with Gasteiger partial charge in [-0.25, -0.2) is 0 Å². The molecule has 0 spiro atoms. The van der Waals surface area contributed by atoms with Crippen molar-refractivity contribution in [2.45, 2.75) is 6.42 Å². The smallest absolute Gasteiger partial charge is 0.310 e. The standard InChI is InChI=1S/C26H27N5O5/c1-30(2)11-10-27-25(32)13-16-4-8-20-22(12-16)29-26(33)19-7-5-17(14-21(19)28-20)18-6-9-23(31(34)35)24(15-18)36-3/h4-9,12,14-15,28H,10-11,13H2,1-3H3,(H,27,32)(H,29,33). The molecule has 0 aromatic heterocycles. The van der Waals surface area contributed by atoms with Crippen molar-refractivity contribution in [3.63, 3.8) is 0 Å². The van der Waals surface area contributed by atoms with Crippen LogP contribution in [-0.2, 0) is 11.2 Å². The van der Waals surface area contributed by atoms with Crippen molar-refractivity contribution in [3.8, 4) is 16.9 Å². The lowest BCUT2D eigenvalue weighted by atomic mass is 10.0. The molecule has 0 saturated carbocycles. The van der Waals surface area contributed by atoms with E-state index in [4.69, 9.17) is 4.74 Å². The molecule has 0 aliphatic carbocycles. The monoisotopic (exact) mass is 489 g/mol. The normalized spacial score (nSPS) is 12.1. The molecule has 186 valence electrons. The highest BCUT2D eigenvalue weighted by molar-refractivity contribution is 6.12. The Balaban J connectivity index is 1.57. The van der Waals surface area contributed by atoms with Crippen LogP contribution in [0.1, 0.15) is 15.9 Å². The summed E-state index contributed by atoms with van der Waals surface area (Å²) in [4.78, 5) is 37.9. The minimum Gasteiger partial charge on any atom is -0.490 e. The molecule has 10 heteroatoms. The Morgan fingerprint density at radius 2 is 1.75 bits per heavy atom. The second-order valence-electron chi connectivity index (χ2n) is 8.69. The third kappa shape index (κ3) is 5.44. The number of hydrogen-bond acceptors (Lipinski definition) is 7. The maximum atomic E-state index is 12.9. The molecule has 3 aromatic rings. The summed E-state index contributed by atoms with van der Waals surface area (Å²) in [5, 5.41) is 20.3. The third-order valence-corrected chi connectivity index (χ3v) is 5.82. The van der Waals surface area contributed by atoms with E-state index >= 15 is 0 Å². The topological polar surface area (TPSA) is 126 Å². The number of hydrogen-bond donors (Lipinski definition) is 3. The van der Waals surface area contributed by atoms with Crippen LogP contribution in [0.2, 0.25) is 0 Å². The summed E-state index contributed by atoms with van der Waals surface area (Å²) in [6, 6.07) is 15.4. The molecular weight excluding hydrogens is 462 g/mol. The van der Waals surface area contributed by atoms with Gasteiger partial charge in [0.1, 0.15) is 0 Å². The van der Waals surface area contributed by atoms with Crippen LogP contribution in [0.3, 0.4) is 0 Å². The van der Waals surface area contributed by atoms with E-state index in [1.807, 2.05) is 37.2 Å². The van der Waals surface area contributed by atoms with E-state index in [9.17, 15) is 19.7 Å². The summed E-state index contributed by atoms with van der Waals surface area (Å²) in [6.07, 6.45) is 0.204. The molecule has 3 aromatic carbocycles. The molecule has 0 saturated heterocycles. The van der Waals surface area contributed by atoms with Crippen LogP contribution in [0.25, 0.3) is 11.1 Å². The number of nitro groups is 1. The largest absolute Gasteiger partial charge is 0.490 e. The number of benzene rings is 3. The first-order chi connectivity index (χ1) is 17.2. The Morgan fingerprint density at radius 1 is 1.00 bits per heavy atom. The quantitative estimate of drug-likeness (QED) is 0.325. The first kappa shape index (κ1) is 24.7. The summed E-state index contributed by atoms with van der Waals surface area (Å²) >= 11 is 0. The number of nitro benzene ring substituents is 1. The van der Waals surface area contributed by atoms with E-state index in [0.717, 1.165) is 17.7 Å². The predicted molar refractivity (Wildman–Crippen MR) is 138 cm³/mol. The number of anilines is 3. The SMILES string of the molecule is COc1cc(-c2ccc3c(c2)Nc2ccc(CC(=O)NCCN(C)C)cc2NC3=O)ccc1[N+](=O)[O-]. The zero-order valence-electron chi connectivity index (χ0n) is 20.3. The number of fused-ring (bicyclic) bond motifs is 2. The lowest BCUT2D eigenvalue weighted by molar-refractivity contribution is -0.385. The number of amides is 2. The predicted octanol–water partition coefficient (Wildman–Crippen LogP) is 3.80. The van der Waals surface area contributed by atoms with Gasteiger partial charge in [0.15, 0.2) is 5.75 Å². The summed E-state index contributed by atoms with van der Waals surface area (Å²) in [5.41, 5.74) is 4.44. The summed E-state index contributed by atoms with van der Waals surface area (Å²) in [5.74, 6) is -0.213. The van der Waals surface area contributed by atoms with E-state index in [-0.39, 0.29) is 29.7 Å². The van der Waals surface area contributed by atoms with Crippen molar-refractivity contribution in [2.24, 2.45) is 0 Å². The fourth-order valence-corrected chi connectivity index (χ4v) is 3.95. The van der Waals surface area contributed by atoms with Gasteiger partial charge in [0.25, 0.3) is 5.91 Å². The molecule has 0 atom stereocenters. The molecule has 0 unspecified atom stereocenters. The number of methoxy groups -OCH3 is 1. The number of nitrogens with zero attached hydrogens (tertiary/aromatic N) is 2. The van der Waals surface area contributed by atoms with Crippen LogP contribution in [0, 0.1) is 10.1 Å². The molecule has 0 bridgehead atoms. The van der Waals surface area contributed by atoms with Crippen LogP contribution in [0.5, 0.6) is 5.75 Å². The second-order valence-corrected chi connectivity index (χ2v) is 8.69. The maximum Gasteiger partial charge on any atom is 0.310 e. The van der Waals surface area contributed by atoms with Gasteiger partial charge in [0.05, 0.1) is 41.1 Å². The fraction of sp³-hybridized carbons (Fsp3) is 0.231. The summed E-state index contributed by atoms with van der Waals surface area (Å²) in [6.45, 7) is 1.32. The Labute approximate surface area is 208 Å². The Bertz CT molecular complexity index is 1340. The zero-order valence-corrected chi connectivity index (χ0v) is 20.3. The Kier molecular flexibility index (Phi) is 7.16. The van der Waals surface area contributed by atoms with Gasteiger partial charge in [-0.15, -0.1) is 0 Å². The first-order valence-corrected chi connectivity index (χ1v) is 11.3. The van der Waals surface area contributed by atoms with E-state index in [1.165, 1.54) is 13.2 Å². The molecule has 1 aliphatic rings. The molecule has 0 fully saturated rings. The molecule has 3 N–H and O–H groups in total. The molecule has 4 rings (SSSR count). The zero-order chi connectivity index (χ0) is 25.8.